The Hall–Kier alpha value is -1.09. The van der Waals surface area contributed by atoms with E-state index in [1.807, 2.05) is 6.07 Å². The summed E-state index contributed by atoms with van der Waals surface area (Å²) >= 11 is 0. The molecule has 1 aromatic rings. The third-order valence-corrected chi connectivity index (χ3v) is 3.57. The van der Waals surface area contributed by atoms with Gasteiger partial charge in [0.2, 0.25) is 0 Å². The van der Waals surface area contributed by atoms with Gasteiger partial charge in [-0.1, -0.05) is 6.07 Å². The number of hydrogen-bond acceptors (Lipinski definition) is 2. The van der Waals surface area contributed by atoms with Gasteiger partial charge in [0.25, 0.3) is 0 Å². The van der Waals surface area contributed by atoms with Gasteiger partial charge in [-0.2, -0.15) is 0 Å². The Bertz CT molecular complexity index is 392. The maximum absolute atomic E-state index is 14.0. The maximum Gasteiger partial charge on any atom is 0.146 e. The molecule has 1 aliphatic heterocycles. The number of rotatable bonds is 2. The molecule has 0 radical (unpaired) electrons. The van der Waals surface area contributed by atoms with Crippen LogP contribution in [0.4, 0.5) is 10.1 Å². The number of aliphatic hydroxyl groups is 1. The van der Waals surface area contributed by atoms with Gasteiger partial charge in [0.1, 0.15) is 5.82 Å². The predicted octanol–water partition coefficient (Wildman–Crippen LogP) is 3.26. The fourth-order valence-corrected chi connectivity index (χ4v) is 2.47. The molecule has 2 unspecified atom stereocenters. The van der Waals surface area contributed by atoms with Crippen molar-refractivity contribution in [3.8, 4) is 0 Å². The Balaban J connectivity index is 2.26. The zero-order chi connectivity index (χ0) is 12.4. The van der Waals surface area contributed by atoms with Crippen LogP contribution in [0.1, 0.15) is 44.8 Å². The van der Waals surface area contributed by atoms with Crippen molar-refractivity contribution in [3.63, 3.8) is 0 Å². The van der Waals surface area contributed by atoms with Gasteiger partial charge in [-0.15, -0.1) is 0 Å². The van der Waals surface area contributed by atoms with E-state index in [-0.39, 0.29) is 5.82 Å². The first-order chi connectivity index (χ1) is 8.09. The van der Waals surface area contributed by atoms with Crippen LogP contribution in [0.5, 0.6) is 0 Å². The molecule has 0 spiro atoms. The largest absolute Gasteiger partial charge is 0.389 e. The number of aliphatic hydroxyl groups excluding tert-OH is 1. The third-order valence-electron chi connectivity index (χ3n) is 3.57. The zero-order valence-corrected chi connectivity index (χ0v) is 10.5. The highest BCUT2D eigenvalue weighted by molar-refractivity contribution is 5.50. The van der Waals surface area contributed by atoms with Crippen LogP contribution in [0.25, 0.3) is 0 Å². The van der Waals surface area contributed by atoms with Gasteiger partial charge in [-0.3, -0.25) is 0 Å². The number of nitrogens with zero attached hydrogens (tertiary/aromatic N) is 1. The van der Waals surface area contributed by atoms with Gasteiger partial charge in [0, 0.05) is 12.6 Å². The molecule has 17 heavy (non-hydrogen) atoms. The fourth-order valence-electron chi connectivity index (χ4n) is 2.47. The molecule has 0 saturated carbocycles. The van der Waals surface area contributed by atoms with Crippen LogP contribution >= 0.6 is 0 Å². The topological polar surface area (TPSA) is 23.5 Å². The lowest BCUT2D eigenvalue weighted by atomic mass is 10.0. The number of halogens is 1. The Morgan fingerprint density at radius 2 is 2.18 bits per heavy atom. The molecule has 1 aromatic carbocycles. The van der Waals surface area contributed by atoms with Crippen LogP contribution in [-0.4, -0.2) is 17.7 Å². The van der Waals surface area contributed by atoms with E-state index in [0.29, 0.717) is 17.3 Å². The normalized spacial score (nSPS) is 22.6. The SMILES string of the molecule is CC(O)c1ccc(N2CCCCC2C)c(F)c1. The predicted molar refractivity (Wildman–Crippen MR) is 67.7 cm³/mol. The van der Waals surface area contributed by atoms with Crippen LogP contribution < -0.4 is 4.90 Å². The molecule has 1 saturated heterocycles. The summed E-state index contributed by atoms with van der Waals surface area (Å²) in [5, 5.41) is 9.42. The first-order valence-corrected chi connectivity index (χ1v) is 6.33. The first-order valence-electron chi connectivity index (χ1n) is 6.33. The minimum atomic E-state index is -0.614. The second-order valence-electron chi connectivity index (χ2n) is 4.93. The minimum Gasteiger partial charge on any atom is -0.389 e. The molecule has 1 fully saturated rings. The molecule has 0 aliphatic carbocycles. The molecule has 0 aromatic heterocycles. The third kappa shape index (κ3) is 2.60. The van der Waals surface area contributed by atoms with E-state index in [2.05, 4.69) is 11.8 Å². The van der Waals surface area contributed by atoms with Crippen LogP contribution in [-0.2, 0) is 0 Å². The molecule has 94 valence electrons. The second kappa shape index (κ2) is 5.05. The summed E-state index contributed by atoms with van der Waals surface area (Å²) in [6.07, 6.45) is 2.86. The van der Waals surface area contributed by atoms with Crippen molar-refractivity contribution in [1.29, 1.82) is 0 Å². The summed E-state index contributed by atoms with van der Waals surface area (Å²) in [5.74, 6) is -0.225. The van der Waals surface area contributed by atoms with Crippen molar-refractivity contribution >= 4 is 5.69 Å². The molecule has 0 bridgehead atoms. The standard InChI is InChI=1S/C14H20FNO/c1-10-5-3-4-8-16(10)14-7-6-12(11(2)17)9-13(14)15/h6-7,9-11,17H,3-5,8H2,1-2H3. The van der Waals surface area contributed by atoms with E-state index < -0.39 is 6.10 Å². The van der Waals surface area contributed by atoms with Crippen molar-refractivity contribution in [2.45, 2.75) is 45.3 Å². The number of piperidine rings is 1. The summed E-state index contributed by atoms with van der Waals surface area (Å²) in [6, 6.07) is 5.45. The number of benzene rings is 1. The molecular weight excluding hydrogens is 217 g/mol. The number of hydrogen-bond donors (Lipinski definition) is 1. The van der Waals surface area contributed by atoms with Gasteiger partial charge in [0.15, 0.2) is 0 Å². The van der Waals surface area contributed by atoms with E-state index in [1.165, 1.54) is 12.5 Å². The second-order valence-corrected chi connectivity index (χ2v) is 4.93. The summed E-state index contributed by atoms with van der Waals surface area (Å²) in [7, 11) is 0. The van der Waals surface area contributed by atoms with E-state index in [0.717, 1.165) is 19.4 Å². The molecule has 2 atom stereocenters. The van der Waals surface area contributed by atoms with Crippen molar-refractivity contribution in [3.05, 3.63) is 29.6 Å². The Kier molecular flexibility index (Phi) is 3.67. The summed E-state index contributed by atoms with van der Waals surface area (Å²) in [6.45, 7) is 4.71. The quantitative estimate of drug-likeness (QED) is 0.853. The lowest BCUT2D eigenvalue weighted by molar-refractivity contribution is 0.199. The highest BCUT2D eigenvalue weighted by Crippen LogP contribution is 2.28. The molecule has 2 nitrogen and oxygen atoms in total. The van der Waals surface area contributed by atoms with Gasteiger partial charge in [-0.25, -0.2) is 4.39 Å². The van der Waals surface area contributed by atoms with Crippen molar-refractivity contribution in [2.24, 2.45) is 0 Å². The average Bonchev–Trinajstić information content (AvgIpc) is 2.30. The molecule has 3 heteroatoms. The molecule has 2 rings (SSSR count). The Labute approximate surface area is 102 Å². The lowest BCUT2D eigenvalue weighted by Crippen LogP contribution is -2.37. The van der Waals surface area contributed by atoms with Crippen LogP contribution in [0.2, 0.25) is 0 Å². The van der Waals surface area contributed by atoms with Gasteiger partial charge in [0.05, 0.1) is 11.8 Å². The van der Waals surface area contributed by atoms with Crippen LogP contribution in [0.3, 0.4) is 0 Å². The lowest BCUT2D eigenvalue weighted by Gasteiger charge is -2.35. The monoisotopic (exact) mass is 237 g/mol. The molecule has 1 heterocycles. The van der Waals surface area contributed by atoms with E-state index in [4.69, 9.17) is 0 Å². The van der Waals surface area contributed by atoms with E-state index in [9.17, 15) is 9.50 Å². The molecule has 1 aliphatic rings. The maximum atomic E-state index is 14.0. The van der Waals surface area contributed by atoms with E-state index in [1.54, 1.807) is 13.0 Å². The van der Waals surface area contributed by atoms with Crippen molar-refractivity contribution in [2.75, 3.05) is 11.4 Å². The summed E-state index contributed by atoms with van der Waals surface area (Å²) < 4.78 is 14.0. The molecular formula is C14H20FNO. The Morgan fingerprint density at radius 3 is 2.76 bits per heavy atom. The van der Waals surface area contributed by atoms with Crippen LogP contribution in [0, 0.1) is 5.82 Å². The highest BCUT2D eigenvalue weighted by Gasteiger charge is 2.21. The summed E-state index contributed by atoms with van der Waals surface area (Å²) in [5.41, 5.74) is 1.30. The molecule has 0 amide bonds. The van der Waals surface area contributed by atoms with Gasteiger partial charge < -0.3 is 10.0 Å². The first kappa shape index (κ1) is 12.4. The van der Waals surface area contributed by atoms with Crippen molar-refractivity contribution < 1.29 is 9.50 Å². The minimum absolute atomic E-state index is 0.225. The highest BCUT2D eigenvalue weighted by atomic mass is 19.1. The smallest absolute Gasteiger partial charge is 0.146 e. The van der Waals surface area contributed by atoms with Gasteiger partial charge in [-0.05, 0) is 50.8 Å². The average molecular weight is 237 g/mol. The number of anilines is 1. The molecule has 1 N–H and O–H groups in total. The fraction of sp³-hybridized carbons (Fsp3) is 0.571. The zero-order valence-electron chi connectivity index (χ0n) is 10.5. The summed E-state index contributed by atoms with van der Waals surface area (Å²) in [4.78, 5) is 2.13. The van der Waals surface area contributed by atoms with E-state index >= 15 is 0 Å². The van der Waals surface area contributed by atoms with Gasteiger partial charge >= 0.3 is 0 Å². The Morgan fingerprint density at radius 1 is 1.41 bits per heavy atom. The van der Waals surface area contributed by atoms with Crippen molar-refractivity contribution in [1.82, 2.24) is 0 Å². The van der Waals surface area contributed by atoms with Crippen LogP contribution in [0.15, 0.2) is 18.2 Å².